The Balaban J connectivity index is 0.00000514. The minimum absolute atomic E-state index is 0. The van der Waals surface area contributed by atoms with E-state index in [1.54, 1.807) is 38.5 Å². The summed E-state index contributed by atoms with van der Waals surface area (Å²) in [6.45, 7) is 2.37. The van der Waals surface area contributed by atoms with Crippen LogP contribution in [0.2, 0.25) is 0 Å². The second-order valence-electron chi connectivity index (χ2n) is 12.9. The predicted molar refractivity (Wildman–Crippen MR) is 220 cm³/mol. The Bertz CT molecular complexity index is 2360. The van der Waals surface area contributed by atoms with E-state index < -0.39 is 18.8 Å². The van der Waals surface area contributed by atoms with Gasteiger partial charge in [0.2, 0.25) is 0 Å². The largest absolute Gasteiger partial charge is 1.00 e. The number of nitrogens with one attached hydrogen (secondary N) is 1. The number of amides is 1. The standard InChI is InChI=1S/C46H40NO6P.BrH/c1-32-42(52-27-14-28-54(37-17-7-4-8-18-37,38-19-9-5-10-20-38)39-21-11-6-12-22-39)25-23-34-31-41(46(49)53-44(32)34)47-45(48)35-24-26-43(51-3)40(30-35)33-15-13-16-36(29-33)50-2;/h4-13,15-26,29-31H,14,27-28H2,1-3H3;1H. The predicted octanol–water partition coefficient (Wildman–Crippen LogP) is 5.80. The van der Waals surface area contributed by atoms with Gasteiger partial charge in [-0.1, -0.05) is 66.7 Å². The molecule has 0 fully saturated rings. The molecule has 9 heteroatoms. The monoisotopic (exact) mass is 813 g/mol. The van der Waals surface area contributed by atoms with E-state index in [-0.39, 0.29) is 22.7 Å². The molecular formula is C46H41BrNO6P. The number of rotatable bonds is 13. The Morgan fingerprint density at radius 1 is 0.691 bits per heavy atom. The van der Waals surface area contributed by atoms with Gasteiger partial charge in [-0.3, -0.25) is 4.79 Å². The number of anilines is 1. The molecule has 0 atom stereocenters. The molecule has 0 saturated carbocycles. The zero-order valence-corrected chi connectivity index (χ0v) is 33.3. The molecular weight excluding hydrogens is 773 g/mol. The van der Waals surface area contributed by atoms with E-state index in [1.165, 1.54) is 15.9 Å². The molecule has 7 nitrogen and oxygen atoms in total. The van der Waals surface area contributed by atoms with Crippen LogP contribution >= 0.6 is 7.26 Å². The van der Waals surface area contributed by atoms with Crippen LogP contribution in [0, 0.1) is 6.92 Å². The van der Waals surface area contributed by atoms with Crippen molar-refractivity contribution in [2.24, 2.45) is 0 Å². The average Bonchev–Trinajstić information content (AvgIpc) is 3.23. The van der Waals surface area contributed by atoms with Crippen molar-refractivity contribution >= 4 is 45.7 Å². The number of carbonyl (C=O) groups excluding carboxylic acids is 1. The maximum absolute atomic E-state index is 13.4. The molecule has 55 heavy (non-hydrogen) atoms. The van der Waals surface area contributed by atoms with Gasteiger partial charge in [0, 0.05) is 28.5 Å². The van der Waals surface area contributed by atoms with Crippen molar-refractivity contribution in [2.75, 3.05) is 32.3 Å². The summed E-state index contributed by atoms with van der Waals surface area (Å²) in [5.74, 6) is 1.47. The highest BCUT2D eigenvalue weighted by Gasteiger charge is 2.44. The second-order valence-corrected chi connectivity index (χ2v) is 16.5. The highest BCUT2D eigenvalue weighted by atomic mass is 79.9. The van der Waals surface area contributed by atoms with Crippen molar-refractivity contribution in [2.45, 2.75) is 13.3 Å². The normalized spacial score (nSPS) is 11.0. The van der Waals surface area contributed by atoms with E-state index in [4.69, 9.17) is 18.6 Å². The molecule has 1 N–H and O–H groups in total. The molecule has 278 valence electrons. The topological polar surface area (TPSA) is 87.0 Å². The Labute approximate surface area is 332 Å². The first kappa shape index (κ1) is 39.0. The maximum atomic E-state index is 13.4. The molecule has 0 saturated heterocycles. The number of aryl methyl sites for hydroxylation is 1. The molecule has 0 spiro atoms. The van der Waals surface area contributed by atoms with Crippen molar-refractivity contribution in [1.82, 2.24) is 0 Å². The van der Waals surface area contributed by atoms with Crippen LogP contribution in [0.25, 0.3) is 22.1 Å². The van der Waals surface area contributed by atoms with Crippen LogP contribution in [0.4, 0.5) is 5.69 Å². The highest BCUT2D eigenvalue weighted by molar-refractivity contribution is 7.95. The number of fused-ring (bicyclic) bond motifs is 1. The third-order valence-electron chi connectivity index (χ3n) is 9.68. The fraction of sp³-hybridized carbons (Fsp3) is 0.130. The lowest BCUT2D eigenvalue weighted by Crippen LogP contribution is -3.00. The molecule has 0 radical (unpaired) electrons. The third-order valence-corrected chi connectivity index (χ3v) is 14.2. The third kappa shape index (κ3) is 8.21. The summed E-state index contributed by atoms with van der Waals surface area (Å²) >= 11 is 0. The summed E-state index contributed by atoms with van der Waals surface area (Å²) in [5, 5.41) is 7.41. The smallest absolute Gasteiger partial charge is 0.360 e. The van der Waals surface area contributed by atoms with Gasteiger partial charge in [0.15, 0.2) is 0 Å². The van der Waals surface area contributed by atoms with Gasteiger partial charge in [0.05, 0.1) is 27.0 Å². The Hall–Kier alpha value is -5.69. The van der Waals surface area contributed by atoms with Crippen LogP contribution in [0.5, 0.6) is 17.2 Å². The van der Waals surface area contributed by atoms with Crippen LogP contribution in [-0.2, 0) is 0 Å². The highest BCUT2D eigenvalue weighted by Crippen LogP contribution is 2.55. The first-order valence-corrected chi connectivity index (χ1v) is 19.8. The maximum Gasteiger partial charge on any atom is 0.360 e. The lowest BCUT2D eigenvalue weighted by atomic mass is 10.0. The summed E-state index contributed by atoms with van der Waals surface area (Å²) in [7, 11) is 1.19. The first-order chi connectivity index (χ1) is 26.4. The van der Waals surface area contributed by atoms with Crippen LogP contribution in [0.15, 0.2) is 161 Å². The zero-order valence-electron chi connectivity index (χ0n) is 30.8. The van der Waals surface area contributed by atoms with Crippen LogP contribution in [0.3, 0.4) is 0 Å². The van der Waals surface area contributed by atoms with Gasteiger partial charge in [-0.15, -0.1) is 0 Å². The molecule has 0 unspecified atom stereocenters. The quantitative estimate of drug-likeness (QED) is 0.0901. The molecule has 1 aromatic heterocycles. The number of ether oxygens (including phenoxy) is 3. The molecule has 7 rings (SSSR count). The summed E-state index contributed by atoms with van der Waals surface area (Å²) in [4.78, 5) is 26.7. The Morgan fingerprint density at radius 3 is 1.91 bits per heavy atom. The van der Waals surface area contributed by atoms with Gasteiger partial charge in [0.25, 0.3) is 5.91 Å². The fourth-order valence-corrected chi connectivity index (χ4v) is 11.3. The Kier molecular flexibility index (Phi) is 12.5. The summed E-state index contributed by atoms with van der Waals surface area (Å²) in [6.07, 6.45) is 1.73. The van der Waals surface area contributed by atoms with Crippen molar-refractivity contribution in [1.29, 1.82) is 0 Å². The molecule has 1 amide bonds. The van der Waals surface area contributed by atoms with E-state index in [0.29, 0.717) is 46.0 Å². The van der Waals surface area contributed by atoms with Gasteiger partial charge >= 0.3 is 5.63 Å². The zero-order chi connectivity index (χ0) is 37.5. The Morgan fingerprint density at radius 2 is 1.31 bits per heavy atom. The van der Waals surface area contributed by atoms with Crippen molar-refractivity contribution < 1.29 is 40.4 Å². The first-order valence-electron chi connectivity index (χ1n) is 17.8. The molecule has 0 aliphatic heterocycles. The van der Waals surface area contributed by atoms with Crippen LogP contribution in [-0.4, -0.2) is 32.9 Å². The SMILES string of the molecule is COc1cccc(-c2cc(C(=O)Nc3cc4ccc(OCCC[P+](c5ccccc5)(c5ccccc5)c5ccccc5)c(C)c4oc3=O)ccc2OC)c1.[Br-]. The molecule has 0 aliphatic carbocycles. The molecule has 0 aliphatic rings. The lowest BCUT2D eigenvalue weighted by molar-refractivity contribution is -0.0000195. The van der Waals surface area contributed by atoms with Gasteiger partial charge in [-0.25, -0.2) is 4.79 Å². The van der Waals surface area contributed by atoms with Crippen molar-refractivity contribution in [3.8, 4) is 28.4 Å². The number of benzene rings is 6. The number of halogens is 1. The second kappa shape index (κ2) is 17.6. The van der Waals surface area contributed by atoms with Crippen molar-refractivity contribution in [3.63, 3.8) is 0 Å². The minimum atomic E-state index is -1.98. The minimum Gasteiger partial charge on any atom is -1.00 e. The van der Waals surface area contributed by atoms with E-state index in [2.05, 4.69) is 96.3 Å². The lowest BCUT2D eigenvalue weighted by Gasteiger charge is -2.27. The average molecular weight is 815 g/mol. The van der Waals surface area contributed by atoms with E-state index in [9.17, 15) is 9.59 Å². The molecule has 6 aromatic carbocycles. The fourth-order valence-electron chi connectivity index (χ4n) is 6.97. The molecule has 0 bridgehead atoms. The van der Waals surface area contributed by atoms with E-state index >= 15 is 0 Å². The number of carbonyl (C=O) groups is 1. The summed E-state index contributed by atoms with van der Waals surface area (Å²) in [5.41, 5.74) is 2.42. The van der Waals surface area contributed by atoms with Crippen molar-refractivity contribution in [3.05, 3.63) is 173 Å². The van der Waals surface area contributed by atoms with E-state index in [1.807, 2.05) is 43.3 Å². The van der Waals surface area contributed by atoms with Gasteiger partial charge in [0.1, 0.15) is 51.7 Å². The van der Waals surface area contributed by atoms with E-state index in [0.717, 1.165) is 23.7 Å². The van der Waals surface area contributed by atoms with Gasteiger partial charge in [-0.05, 0) is 97.4 Å². The van der Waals surface area contributed by atoms with Crippen LogP contribution in [0.1, 0.15) is 22.3 Å². The van der Waals surface area contributed by atoms with Crippen LogP contribution < -0.4 is 58.0 Å². The molecule has 1 heterocycles. The number of hydrogen-bond donors (Lipinski definition) is 1. The molecule has 7 aromatic rings. The van der Waals surface area contributed by atoms with Gasteiger partial charge < -0.3 is 40.9 Å². The summed E-state index contributed by atoms with van der Waals surface area (Å²) < 4.78 is 23.2. The summed E-state index contributed by atoms with van der Waals surface area (Å²) in [6, 6.07) is 50.4. The number of methoxy groups -OCH3 is 2. The number of hydrogen-bond acceptors (Lipinski definition) is 6. The van der Waals surface area contributed by atoms with Gasteiger partial charge in [-0.2, -0.15) is 0 Å².